The van der Waals surface area contributed by atoms with Gasteiger partial charge in [0.05, 0.1) is 15.8 Å². The van der Waals surface area contributed by atoms with E-state index in [1.54, 1.807) is 18.2 Å². The first-order chi connectivity index (χ1) is 24.4. The van der Waals surface area contributed by atoms with Gasteiger partial charge in [0.1, 0.15) is 17.8 Å². The zero-order valence-corrected chi connectivity index (χ0v) is 28.3. The molecule has 0 unspecified atom stereocenters. The van der Waals surface area contributed by atoms with Crippen molar-refractivity contribution in [2.45, 2.75) is 19.4 Å². The highest BCUT2D eigenvalue weighted by atomic mass is 35.5. The van der Waals surface area contributed by atoms with Crippen LogP contribution in [0.5, 0.6) is 0 Å². The minimum Gasteiger partial charge on any atom is -0.381 e. The molecule has 12 heteroatoms. The molecule has 7 rings (SSSR count). The molecule has 0 saturated carbocycles. The lowest BCUT2D eigenvalue weighted by atomic mass is 9.99. The number of piperazine rings is 1. The Hall–Kier alpha value is -5.10. The van der Waals surface area contributed by atoms with Crippen molar-refractivity contribution in [3.63, 3.8) is 0 Å². The van der Waals surface area contributed by atoms with Crippen molar-refractivity contribution in [2.75, 3.05) is 61.5 Å². The van der Waals surface area contributed by atoms with Crippen LogP contribution in [-0.2, 0) is 11.3 Å². The molecule has 3 heterocycles. The number of nitro benzene ring substituents is 1. The van der Waals surface area contributed by atoms with Gasteiger partial charge in [-0.1, -0.05) is 48.0 Å². The van der Waals surface area contributed by atoms with Crippen LogP contribution in [0.25, 0.3) is 22.0 Å². The second-order valence-corrected chi connectivity index (χ2v) is 13.2. The molecule has 2 fully saturated rings. The van der Waals surface area contributed by atoms with Crippen LogP contribution in [0.3, 0.4) is 0 Å². The molecule has 0 atom stereocenters. The van der Waals surface area contributed by atoms with Gasteiger partial charge in [-0.05, 0) is 77.9 Å². The van der Waals surface area contributed by atoms with Crippen LogP contribution < -0.4 is 15.5 Å². The maximum absolute atomic E-state index is 13.3. The number of halogens is 1. The third-order valence-corrected chi connectivity index (χ3v) is 9.79. The largest absolute Gasteiger partial charge is 0.381 e. The number of rotatable bonds is 10. The molecular weight excluding hydrogens is 654 g/mol. The summed E-state index contributed by atoms with van der Waals surface area (Å²) in [7, 11) is 0. The lowest BCUT2D eigenvalue weighted by Gasteiger charge is -2.36. The molecule has 2 aliphatic heterocycles. The zero-order chi connectivity index (χ0) is 34.5. The van der Waals surface area contributed by atoms with E-state index in [2.05, 4.69) is 66.8 Å². The fraction of sp³-hybridized carbons (Fsp3) is 0.289. The Balaban J connectivity index is 0.979. The number of hydrogen-bond donors (Lipinski definition) is 2. The maximum atomic E-state index is 13.3. The van der Waals surface area contributed by atoms with Crippen molar-refractivity contribution < 1.29 is 14.5 Å². The van der Waals surface area contributed by atoms with Gasteiger partial charge in [-0.15, -0.1) is 0 Å². The summed E-state index contributed by atoms with van der Waals surface area (Å²) in [4.78, 5) is 38.3. The Bertz CT molecular complexity index is 1980. The minimum atomic E-state index is -0.427. The number of carbonyl (C=O) groups excluding carboxylic acids is 1. The van der Waals surface area contributed by atoms with Crippen LogP contribution >= 0.6 is 11.6 Å². The smallest absolute Gasteiger partial charge is 0.293 e. The van der Waals surface area contributed by atoms with E-state index in [1.807, 2.05) is 24.3 Å². The number of anilines is 3. The summed E-state index contributed by atoms with van der Waals surface area (Å²) < 4.78 is 5.42. The van der Waals surface area contributed by atoms with Crippen molar-refractivity contribution in [1.82, 2.24) is 14.9 Å². The summed E-state index contributed by atoms with van der Waals surface area (Å²) >= 11 is 6.12. The van der Waals surface area contributed by atoms with Gasteiger partial charge in [0.15, 0.2) is 0 Å². The highest BCUT2D eigenvalue weighted by Gasteiger charge is 2.22. The number of nitrogens with zero attached hydrogens (tertiary/aromatic N) is 5. The third-order valence-electron chi connectivity index (χ3n) is 9.54. The van der Waals surface area contributed by atoms with Gasteiger partial charge in [-0.3, -0.25) is 19.8 Å². The lowest BCUT2D eigenvalue weighted by Crippen LogP contribution is -2.46. The predicted molar refractivity (Wildman–Crippen MR) is 197 cm³/mol. The molecule has 2 saturated heterocycles. The van der Waals surface area contributed by atoms with Gasteiger partial charge < -0.3 is 20.3 Å². The maximum Gasteiger partial charge on any atom is 0.293 e. The zero-order valence-electron chi connectivity index (χ0n) is 27.6. The Labute approximate surface area is 295 Å². The third kappa shape index (κ3) is 7.70. The van der Waals surface area contributed by atoms with E-state index in [9.17, 15) is 14.9 Å². The molecular formula is C38H38ClN7O4. The van der Waals surface area contributed by atoms with Gasteiger partial charge in [0, 0.05) is 74.8 Å². The molecule has 256 valence electrons. The van der Waals surface area contributed by atoms with E-state index in [-0.39, 0.29) is 17.4 Å². The molecule has 50 heavy (non-hydrogen) atoms. The van der Waals surface area contributed by atoms with Crippen molar-refractivity contribution in [1.29, 1.82) is 0 Å². The van der Waals surface area contributed by atoms with Crippen molar-refractivity contribution in [2.24, 2.45) is 5.92 Å². The van der Waals surface area contributed by atoms with Gasteiger partial charge >= 0.3 is 0 Å². The summed E-state index contributed by atoms with van der Waals surface area (Å²) in [6.45, 7) is 6.43. The lowest BCUT2D eigenvalue weighted by molar-refractivity contribution is -0.383. The quantitative estimate of drug-likeness (QED) is 0.115. The first-order valence-corrected chi connectivity index (χ1v) is 17.3. The molecule has 0 spiro atoms. The standard InChI is InChI=1S/C38H38ClN7O4/c39-30-9-5-27(6-10-30)32-4-2-1-3-29(32)24-44-15-17-45(18-16-44)31-11-7-28(8-12-31)38(47)43-37-33-21-36(46(48)49)35(22-34(33)41-25-42-37)40-23-26-13-19-50-20-14-26/h1-12,21-22,25-26,40H,13-20,23-24H2,(H,41,42,43,47). The highest BCUT2D eigenvalue weighted by molar-refractivity contribution is 6.30. The first-order valence-electron chi connectivity index (χ1n) is 16.9. The monoisotopic (exact) mass is 691 g/mol. The topological polar surface area (TPSA) is 126 Å². The van der Waals surface area contributed by atoms with Crippen LogP contribution in [0, 0.1) is 16.0 Å². The summed E-state index contributed by atoms with van der Waals surface area (Å²) in [5, 5.41) is 19.2. The fourth-order valence-corrected chi connectivity index (χ4v) is 6.79. The minimum absolute atomic E-state index is 0.0925. The van der Waals surface area contributed by atoms with E-state index >= 15 is 0 Å². The number of benzene rings is 4. The van der Waals surface area contributed by atoms with Crippen LogP contribution in [0.1, 0.15) is 28.8 Å². The first kappa shape index (κ1) is 33.4. The van der Waals surface area contributed by atoms with Crippen molar-refractivity contribution >= 4 is 51.3 Å². The van der Waals surface area contributed by atoms with Crippen LogP contribution in [0.15, 0.2) is 91.3 Å². The number of amides is 1. The number of fused-ring (bicyclic) bond motifs is 1. The molecule has 2 aliphatic rings. The van der Waals surface area contributed by atoms with Gasteiger partial charge in [-0.25, -0.2) is 9.97 Å². The second kappa shape index (κ2) is 15.2. The van der Waals surface area contributed by atoms with E-state index in [1.165, 1.54) is 23.5 Å². The molecule has 5 aromatic rings. The predicted octanol–water partition coefficient (Wildman–Crippen LogP) is 7.27. The summed E-state index contributed by atoms with van der Waals surface area (Å²) in [5.41, 5.74) is 5.97. The van der Waals surface area contributed by atoms with Crippen molar-refractivity contribution in [3.8, 4) is 11.1 Å². The molecule has 0 aliphatic carbocycles. The molecule has 2 N–H and O–H groups in total. The second-order valence-electron chi connectivity index (χ2n) is 12.7. The molecule has 0 bridgehead atoms. The molecule has 11 nitrogen and oxygen atoms in total. The van der Waals surface area contributed by atoms with E-state index in [0.29, 0.717) is 47.8 Å². The summed E-state index contributed by atoms with van der Waals surface area (Å²) in [6, 6.07) is 27.1. The summed E-state index contributed by atoms with van der Waals surface area (Å²) in [5.74, 6) is 0.242. The Morgan fingerprint density at radius 2 is 1.68 bits per heavy atom. The van der Waals surface area contributed by atoms with Gasteiger partial charge in [0.25, 0.3) is 11.6 Å². The van der Waals surface area contributed by atoms with Crippen LogP contribution in [-0.4, -0.2) is 71.6 Å². The Kier molecular flexibility index (Phi) is 10.2. The molecule has 4 aromatic carbocycles. The molecule has 1 amide bonds. The average molecular weight is 692 g/mol. The molecule has 1 aromatic heterocycles. The van der Waals surface area contributed by atoms with Crippen molar-refractivity contribution in [3.05, 3.63) is 118 Å². The number of aromatic nitrogens is 2. The fourth-order valence-electron chi connectivity index (χ4n) is 6.67. The number of nitrogens with one attached hydrogen (secondary N) is 2. The van der Waals surface area contributed by atoms with E-state index < -0.39 is 4.92 Å². The Morgan fingerprint density at radius 3 is 2.42 bits per heavy atom. The van der Waals surface area contributed by atoms with Crippen LogP contribution in [0.4, 0.5) is 22.9 Å². The number of nitro groups is 1. The van der Waals surface area contributed by atoms with E-state index in [0.717, 1.165) is 61.8 Å². The summed E-state index contributed by atoms with van der Waals surface area (Å²) in [6.07, 6.45) is 3.17. The number of carbonyl (C=O) groups is 1. The average Bonchev–Trinajstić information content (AvgIpc) is 3.15. The van der Waals surface area contributed by atoms with E-state index in [4.69, 9.17) is 16.3 Å². The number of ether oxygens (including phenoxy) is 1. The number of hydrogen-bond acceptors (Lipinski definition) is 9. The Morgan fingerprint density at radius 1 is 0.940 bits per heavy atom. The molecule has 0 radical (unpaired) electrons. The SMILES string of the molecule is O=C(Nc1ncnc2cc(NCC3CCOCC3)c([N+](=O)[O-])cc12)c1ccc(N2CCN(Cc3ccccc3-c3ccc(Cl)cc3)CC2)cc1. The highest BCUT2D eigenvalue weighted by Crippen LogP contribution is 2.33. The van der Waals surface area contributed by atoms with Crippen LogP contribution in [0.2, 0.25) is 5.02 Å². The van der Waals surface area contributed by atoms with Gasteiger partial charge in [-0.2, -0.15) is 0 Å². The normalized spacial score (nSPS) is 15.6. The van der Waals surface area contributed by atoms with Gasteiger partial charge in [0.2, 0.25) is 0 Å².